The van der Waals surface area contributed by atoms with Gasteiger partial charge in [0.2, 0.25) is 0 Å². The second-order valence-electron chi connectivity index (χ2n) is 2.25. The Balaban J connectivity index is 2.29. The number of nitrogens with zero attached hydrogens (tertiary/aromatic N) is 1. The average molecular weight is 183 g/mol. The van der Waals surface area contributed by atoms with Gasteiger partial charge < -0.3 is 5.11 Å². The van der Waals surface area contributed by atoms with E-state index in [4.69, 9.17) is 5.11 Å². The second kappa shape index (κ2) is 4.77. The summed E-state index contributed by atoms with van der Waals surface area (Å²) in [4.78, 5) is 14.1. The first-order valence-corrected chi connectivity index (χ1v) is 4.63. The van der Waals surface area contributed by atoms with Gasteiger partial charge >= 0.3 is 5.97 Å². The molecular formula is C8H9NO2S. The van der Waals surface area contributed by atoms with Crippen molar-refractivity contribution in [2.45, 2.75) is 5.75 Å². The normalized spacial score (nSPS) is 9.67. The van der Waals surface area contributed by atoms with Crippen LogP contribution in [0.1, 0.15) is 5.56 Å². The highest BCUT2D eigenvalue weighted by Gasteiger charge is 1.97. The molecule has 0 aromatic carbocycles. The highest BCUT2D eigenvalue weighted by molar-refractivity contribution is 7.99. The quantitative estimate of drug-likeness (QED) is 0.766. The fourth-order valence-corrected chi connectivity index (χ4v) is 1.42. The SMILES string of the molecule is O=C(O)CSCc1cccnc1. The Morgan fingerprint density at radius 1 is 1.67 bits per heavy atom. The molecule has 0 saturated carbocycles. The lowest BCUT2D eigenvalue weighted by Gasteiger charge is -1.96. The van der Waals surface area contributed by atoms with E-state index >= 15 is 0 Å². The van der Waals surface area contributed by atoms with Crippen molar-refractivity contribution in [1.29, 1.82) is 0 Å². The number of hydrogen-bond donors (Lipinski definition) is 1. The first-order chi connectivity index (χ1) is 5.79. The van der Waals surface area contributed by atoms with E-state index in [9.17, 15) is 4.79 Å². The van der Waals surface area contributed by atoms with Gasteiger partial charge in [-0.15, -0.1) is 11.8 Å². The standard InChI is InChI=1S/C8H9NO2S/c10-8(11)6-12-5-7-2-1-3-9-4-7/h1-4H,5-6H2,(H,10,11). The topological polar surface area (TPSA) is 50.2 Å². The molecule has 0 unspecified atom stereocenters. The van der Waals surface area contributed by atoms with Crippen LogP contribution < -0.4 is 0 Å². The summed E-state index contributed by atoms with van der Waals surface area (Å²) in [5.41, 5.74) is 1.06. The first-order valence-electron chi connectivity index (χ1n) is 3.47. The van der Waals surface area contributed by atoms with Gasteiger partial charge in [0.25, 0.3) is 0 Å². The minimum atomic E-state index is -0.774. The second-order valence-corrected chi connectivity index (χ2v) is 3.23. The Morgan fingerprint density at radius 2 is 2.50 bits per heavy atom. The van der Waals surface area contributed by atoms with E-state index in [1.165, 1.54) is 11.8 Å². The smallest absolute Gasteiger partial charge is 0.313 e. The van der Waals surface area contributed by atoms with Crippen molar-refractivity contribution in [3.05, 3.63) is 30.1 Å². The number of pyridine rings is 1. The van der Waals surface area contributed by atoms with Crippen molar-refractivity contribution in [2.24, 2.45) is 0 Å². The van der Waals surface area contributed by atoms with Crippen LogP contribution in [0, 0.1) is 0 Å². The molecule has 0 amide bonds. The van der Waals surface area contributed by atoms with Crippen LogP contribution in [0.25, 0.3) is 0 Å². The van der Waals surface area contributed by atoms with E-state index in [0.717, 1.165) is 5.56 Å². The molecule has 0 aliphatic rings. The third kappa shape index (κ3) is 3.39. The summed E-state index contributed by atoms with van der Waals surface area (Å²) in [6.45, 7) is 0. The van der Waals surface area contributed by atoms with Crippen molar-refractivity contribution < 1.29 is 9.90 Å². The molecule has 0 bridgehead atoms. The van der Waals surface area contributed by atoms with Gasteiger partial charge in [-0.2, -0.15) is 0 Å². The van der Waals surface area contributed by atoms with Crippen LogP contribution in [0.3, 0.4) is 0 Å². The predicted molar refractivity (Wildman–Crippen MR) is 48.0 cm³/mol. The van der Waals surface area contributed by atoms with Gasteiger partial charge in [0.1, 0.15) is 0 Å². The van der Waals surface area contributed by atoms with E-state index in [-0.39, 0.29) is 5.75 Å². The maximum atomic E-state index is 10.2. The molecule has 0 spiro atoms. The van der Waals surface area contributed by atoms with E-state index in [1.54, 1.807) is 12.4 Å². The van der Waals surface area contributed by atoms with Crippen LogP contribution in [0.2, 0.25) is 0 Å². The Morgan fingerprint density at radius 3 is 3.08 bits per heavy atom. The van der Waals surface area contributed by atoms with Gasteiger partial charge in [-0.3, -0.25) is 9.78 Å². The van der Waals surface area contributed by atoms with Crippen LogP contribution in [-0.2, 0) is 10.5 Å². The molecule has 0 saturated heterocycles. The number of aromatic nitrogens is 1. The first kappa shape index (κ1) is 9.06. The molecule has 0 atom stereocenters. The molecule has 0 aliphatic heterocycles. The molecule has 0 radical (unpaired) electrons. The molecule has 1 aromatic heterocycles. The predicted octanol–water partition coefficient (Wildman–Crippen LogP) is 1.40. The lowest BCUT2D eigenvalue weighted by Crippen LogP contribution is -1.98. The molecule has 0 aliphatic carbocycles. The molecule has 3 nitrogen and oxygen atoms in total. The Kier molecular flexibility index (Phi) is 3.60. The minimum absolute atomic E-state index is 0.148. The highest BCUT2D eigenvalue weighted by Crippen LogP contribution is 2.09. The van der Waals surface area contributed by atoms with Crippen LogP contribution in [0.5, 0.6) is 0 Å². The molecule has 1 rings (SSSR count). The zero-order chi connectivity index (χ0) is 8.81. The maximum absolute atomic E-state index is 10.2. The van der Waals surface area contributed by atoms with Crippen LogP contribution >= 0.6 is 11.8 Å². The third-order valence-corrected chi connectivity index (χ3v) is 2.21. The van der Waals surface area contributed by atoms with Crippen LogP contribution in [0.15, 0.2) is 24.5 Å². The Hall–Kier alpha value is -1.03. The fourth-order valence-electron chi connectivity index (χ4n) is 0.740. The van der Waals surface area contributed by atoms with Crippen molar-refractivity contribution in [3.63, 3.8) is 0 Å². The Labute approximate surface area is 74.8 Å². The van der Waals surface area contributed by atoms with Gasteiger partial charge in [-0.25, -0.2) is 0 Å². The molecule has 64 valence electrons. The summed E-state index contributed by atoms with van der Waals surface area (Å²) in [5.74, 6) is 0.0820. The van der Waals surface area contributed by atoms with Gasteiger partial charge in [0.15, 0.2) is 0 Å². The summed E-state index contributed by atoms with van der Waals surface area (Å²) >= 11 is 1.37. The molecule has 12 heavy (non-hydrogen) atoms. The van der Waals surface area contributed by atoms with Crippen molar-refractivity contribution in [3.8, 4) is 0 Å². The largest absolute Gasteiger partial charge is 0.481 e. The van der Waals surface area contributed by atoms with Gasteiger partial charge in [-0.05, 0) is 11.6 Å². The summed E-state index contributed by atoms with van der Waals surface area (Å²) in [6.07, 6.45) is 3.44. The monoisotopic (exact) mass is 183 g/mol. The van der Waals surface area contributed by atoms with Gasteiger partial charge in [-0.1, -0.05) is 6.07 Å². The number of thioether (sulfide) groups is 1. The summed E-state index contributed by atoms with van der Waals surface area (Å²) < 4.78 is 0. The zero-order valence-electron chi connectivity index (χ0n) is 6.43. The number of carbonyl (C=O) groups is 1. The number of aliphatic carboxylic acids is 1. The molecule has 4 heteroatoms. The molecule has 1 N–H and O–H groups in total. The summed E-state index contributed by atoms with van der Waals surface area (Å²) in [5, 5.41) is 8.36. The van der Waals surface area contributed by atoms with Crippen LogP contribution in [0.4, 0.5) is 0 Å². The number of rotatable bonds is 4. The maximum Gasteiger partial charge on any atom is 0.313 e. The lowest BCUT2D eigenvalue weighted by molar-refractivity contribution is -0.133. The number of carboxylic acid groups (broad SMARTS) is 1. The zero-order valence-corrected chi connectivity index (χ0v) is 7.25. The average Bonchev–Trinajstić information content (AvgIpc) is 2.05. The summed E-state index contributed by atoms with van der Waals surface area (Å²) in [6, 6.07) is 3.78. The Bertz CT molecular complexity index is 250. The van der Waals surface area contributed by atoms with E-state index in [2.05, 4.69) is 4.98 Å². The fraction of sp³-hybridized carbons (Fsp3) is 0.250. The third-order valence-electron chi connectivity index (χ3n) is 1.22. The van der Waals surface area contributed by atoms with Crippen LogP contribution in [-0.4, -0.2) is 21.8 Å². The van der Waals surface area contributed by atoms with Crippen molar-refractivity contribution in [2.75, 3.05) is 5.75 Å². The lowest BCUT2D eigenvalue weighted by atomic mass is 10.3. The van der Waals surface area contributed by atoms with E-state index < -0.39 is 5.97 Å². The number of carboxylic acids is 1. The molecular weight excluding hydrogens is 174 g/mol. The van der Waals surface area contributed by atoms with Gasteiger partial charge in [0, 0.05) is 18.1 Å². The molecule has 0 fully saturated rings. The number of hydrogen-bond acceptors (Lipinski definition) is 3. The van der Waals surface area contributed by atoms with Crippen molar-refractivity contribution in [1.82, 2.24) is 4.98 Å². The minimum Gasteiger partial charge on any atom is -0.481 e. The van der Waals surface area contributed by atoms with Crippen molar-refractivity contribution >= 4 is 17.7 Å². The summed E-state index contributed by atoms with van der Waals surface area (Å²) in [7, 11) is 0. The van der Waals surface area contributed by atoms with E-state index in [1.807, 2.05) is 12.1 Å². The van der Waals surface area contributed by atoms with Gasteiger partial charge in [0.05, 0.1) is 5.75 Å². The molecule has 1 aromatic rings. The highest BCUT2D eigenvalue weighted by atomic mass is 32.2. The van der Waals surface area contributed by atoms with E-state index in [0.29, 0.717) is 5.75 Å². The molecule has 1 heterocycles.